The van der Waals surface area contributed by atoms with Crippen LogP contribution in [0.15, 0.2) is 23.3 Å². The molecule has 0 radical (unpaired) electrons. The molecule has 1 aromatic rings. The number of hydrazone groups is 1. The van der Waals surface area contributed by atoms with E-state index in [-0.39, 0.29) is 24.0 Å². The second-order valence-corrected chi connectivity index (χ2v) is 9.85. The molecule has 0 atom stereocenters. The van der Waals surface area contributed by atoms with Gasteiger partial charge < -0.3 is 19.8 Å². The molecule has 1 aromatic carbocycles. The van der Waals surface area contributed by atoms with Gasteiger partial charge in [0.15, 0.2) is 0 Å². The molecule has 0 saturated carbocycles. The maximum absolute atomic E-state index is 11.7. The second kappa shape index (κ2) is 13.1. The van der Waals surface area contributed by atoms with E-state index in [1.54, 1.807) is 7.05 Å². The van der Waals surface area contributed by atoms with E-state index in [1.807, 2.05) is 32.0 Å². The third-order valence-electron chi connectivity index (χ3n) is 5.07. The molecule has 2 amide bonds. The fourth-order valence-electron chi connectivity index (χ4n) is 3.40. The van der Waals surface area contributed by atoms with Crippen LogP contribution in [0.2, 0.25) is 0 Å². The third kappa shape index (κ3) is 8.81. The molecule has 2 aliphatic rings. The summed E-state index contributed by atoms with van der Waals surface area (Å²) in [7, 11) is 1.79. The normalized spacial score (nSPS) is 16.5. The summed E-state index contributed by atoms with van der Waals surface area (Å²) in [5.74, 6) is -0.807. The van der Waals surface area contributed by atoms with Crippen LogP contribution in [0.25, 0.3) is 0 Å². The van der Waals surface area contributed by atoms with E-state index in [0.717, 1.165) is 42.6 Å². The predicted molar refractivity (Wildman–Crippen MR) is 131 cm³/mol. The smallest absolute Gasteiger partial charge is 0.333 e. The largest absolute Gasteiger partial charge is 0.494 e. The van der Waals surface area contributed by atoms with Crippen LogP contribution in [0.1, 0.15) is 69.9 Å². The van der Waals surface area contributed by atoms with E-state index in [4.69, 9.17) is 9.57 Å². The van der Waals surface area contributed by atoms with Gasteiger partial charge in [-0.25, -0.2) is 4.79 Å². The van der Waals surface area contributed by atoms with E-state index in [2.05, 4.69) is 23.2 Å². The highest BCUT2D eigenvalue weighted by molar-refractivity contribution is 7.81. The molecule has 1 heterocycles. The molecule has 3 rings (SSSR count). The van der Waals surface area contributed by atoms with Gasteiger partial charge >= 0.3 is 5.97 Å². The molecule has 0 unspecified atom stereocenters. The van der Waals surface area contributed by atoms with E-state index in [0.29, 0.717) is 24.5 Å². The van der Waals surface area contributed by atoms with Gasteiger partial charge in [0.25, 0.3) is 11.8 Å². The SMILES string of the molecule is CC(C)(S)CC=O.CN/N=C1\CCCc2cc(OCCCC(=O)ON3C(=O)CCC3=O)ccc21. The number of carbonyl (C=O) groups excluding carboxylic acids is 4. The van der Waals surface area contributed by atoms with Gasteiger partial charge in [-0.2, -0.15) is 17.7 Å². The zero-order valence-electron chi connectivity index (χ0n) is 20.0. The molecule has 1 fully saturated rings. The monoisotopic (exact) mass is 491 g/mol. The molecule has 0 bridgehead atoms. The minimum Gasteiger partial charge on any atom is -0.494 e. The van der Waals surface area contributed by atoms with Crippen molar-refractivity contribution in [1.82, 2.24) is 10.5 Å². The number of thiol groups is 1. The van der Waals surface area contributed by atoms with Crippen LogP contribution in [0.3, 0.4) is 0 Å². The van der Waals surface area contributed by atoms with Gasteiger partial charge in [-0.15, -0.1) is 5.06 Å². The van der Waals surface area contributed by atoms with Crippen molar-refractivity contribution in [2.24, 2.45) is 5.10 Å². The molecule has 1 aliphatic carbocycles. The molecule has 9 nitrogen and oxygen atoms in total. The fraction of sp³-hybridized carbons (Fsp3) is 0.542. The Morgan fingerprint density at radius 2 is 1.91 bits per heavy atom. The standard InChI is InChI=1S/C19H23N3O5.C5H10OS/c1-20-21-16-5-2-4-13-12-14(7-8-15(13)16)26-11-3-6-19(25)27-22-17(23)9-10-18(22)24;1-5(2,7)3-4-6/h7-8,12,20H,2-6,9-11H2,1H3;4,7H,3H2,1-2H3/b21-16+;. The number of amides is 2. The predicted octanol–water partition coefficient (Wildman–Crippen LogP) is 3.00. The van der Waals surface area contributed by atoms with Crippen LogP contribution in [-0.2, 0) is 30.4 Å². The molecule has 1 aliphatic heterocycles. The van der Waals surface area contributed by atoms with E-state index in [1.165, 1.54) is 5.56 Å². The number of aldehydes is 1. The summed E-state index contributed by atoms with van der Waals surface area (Å²) in [6.07, 6.45) is 5.08. The highest BCUT2D eigenvalue weighted by atomic mass is 32.1. The molecule has 10 heteroatoms. The first-order chi connectivity index (χ1) is 16.1. The summed E-state index contributed by atoms with van der Waals surface area (Å²) >= 11 is 4.10. The Morgan fingerprint density at radius 1 is 1.21 bits per heavy atom. The van der Waals surface area contributed by atoms with Crippen molar-refractivity contribution in [2.45, 2.75) is 70.0 Å². The summed E-state index contributed by atoms with van der Waals surface area (Å²) in [5.41, 5.74) is 6.25. The number of rotatable bonds is 9. The van der Waals surface area contributed by atoms with Crippen molar-refractivity contribution in [3.8, 4) is 5.75 Å². The van der Waals surface area contributed by atoms with Gasteiger partial charge in [-0.1, -0.05) is 13.8 Å². The first-order valence-corrected chi connectivity index (χ1v) is 11.8. The minimum absolute atomic E-state index is 0.0704. The molecular weight excluding hydrogens is 458 g/mol. The zero-order chi connectivity index (χ0) is 25.1. The second-order valence-electron chi connectivity index (χ2n) is 8.64. The minimum atomic E-state index is -0.611. The number of ether oxygens (including phenoxy) is 1. The van der Waals surface area contributed by atoms with E-state index >= 15 is 0 Å². The molecule has 1 saturated heterocycles. The van der Waals surface area contributed by atoms with Gasteiger partial charge in [-0.05, 0) is 49.4 Å². The number of carbonyl (C=O) groups is 4. The van der Waals surface area contributed by atoms with E-state index in [9.17, 15) is 19.2 Å². The maximum Gasteiger partial charge on any atom is 0.333 e. The molecule has 34 heavy (non-hydrogen) atoms. The van der Waals surface area contributed by atoms with Gasteiger partial charge in [0.1, 0.15) is 12.0 Å². The van der Waals surface area contributed by atoms with E-state index < -0.39 is 17.8 Å². The number of benzene rings is 1. The first-order valence-electron chi connectivity index (χ1n) is 11.4. The lowest BCUT2D eigenvalue weighted by Crippen LogP contribution is -2.32. The summed E-state index contributed by atoms with van der Waals surface area (Å²) < 4.78 is 5.60. The van der Waals surface area contributed by atoms with Crippen LogP contribution in [0, 0.1) is 0 Å². The molecule has 1 N–H and O–H groups in total. The summed E-state index contributed by atoms with van der Waals surface area (Å²) in [4.78, 5) is 49.2. The number of aryl methyl sites for hydroxylation is 1. The Hall–Kier alpha value is -2.88. The molecule has 0 aromatic heterocycles. The fourth-order valence-corrected chi connectivity index (χ4v) is 3.47. The van der Waals surface area contributed by atoms with Crippen LogP contribution in [0.4, 0.5) is 0 Å². The Kier molecular flexibility index (Phi) is 10.6. The van der Waals surface area contributed by atoms with Crippen molar-refractivity contribution in [3.63, 3.8) is 0 Å². The number of hydrogen-bond acceptors (Lipinski definition) is 9. The maximum atomic E-state index is 11.7. The lowest BCUT2D eigenvalue weighted by molar-refractivity contribution is -0.197. The summed E-state index contributed by atoms with van der Waals surface area (Å²) in [6, 6.07) is 5.92. The highest BCUT2D eigenvalue weighted by Gasteiger charge is 2.32. The van der Waals surface area contributed by atoms with Gasteiger partial charge in [0.05, 0.1) is 18.7 Å². The lowest BCUT2D eigenvalue weighted by atomic mass is 9.90. The average Bonchev–Trinajstić information content (AvgIpc) is 3.08. The van der Waals surface area contributed by atoms with Crippen molar-refractivity contribution in [2.75, 3.05) is 13.7 Å². The Morgan fingerprint density at radius 3 is 2.50 bits per heavy atom. The molecule has 0 spiro atoms. The van der Waals surface area contributed by atoms with Crippen LogP contribution >= 0.6 is 12.6 Å². The zero-order valence-corrected chi connectivity index (χ0v) is 20.9. The van der Waals surface area contributed by atoms with Gasteiger partial charge in [0, 0.05) is 36.6 Å². The van der Waals surface area contributed by atoms with Crippen molar-refractivity contribution >= 4 is 42.4 Å². The number of nitrogens with one attached hydrogen (secondary N) is 1. The number of imide groups is 1. The molecule has 186 valence electrons. The number of fused-ring (bicyclic) bond motifs is 1. The van der Waals surface area contributed by atoms with Crippen LogP contribution in [0.5, 0.6) is 5.75 Å². The Bertz CT molecular complexity index is 910. The van der Waals surface area contributed by atoms with Gasteiger partial charge in [-0.3, -0.25) is 9.59 Å². The van der Waals surface area contributed by atoms with Crippen LogP contribution < -0.4 is 10.2 Å². The Labute approximate surface area is 205 Å². The van der Waals surface area contributed by atoms with Crippen molar-refractivity contribution in [3.05, 3.63) is 29.3 Å². The number of nitrogens with zero attached hydrogens (tertiary/aromatic N) is 2. The molecular formula is C24H33N3O6S. The average molecular weight is 492 g/mol. The van der Waals surface area contributed by atoms with Crippen molar-refractivity contribution in [1.29, 1.82) is 0 Å². The number of hydroxylamine groups is 2. The third-order valence-corrected chi connectivity index (χ3v) is 5.25. The summed E-state index contributed by atoms with van der Waals surface area (Å²) in [5, 5.41) is 4.89. The lowest BCUT2D eigenvalue weighted by Gasteiger charge is -2.19. The van der Waals surface area contributed by atoms with Gasteiger partial charge in [0.2, 0.25) is 0 Å². The summed E-state index contributed by atoms with van der Waals surface area (Å²) in [6.45, 7) is 4.16. The van der Waals surface area contributed by atoms with Crippen LogP contribution in [-0.4, -0.2) is 53.2 Å². The number of hydrogen-bond donors (Lipinski definition) is 2. The van der Waals surface area contributed by atoms with Crippen molar-refractivity contribution < 1.29 is 28.8 Å². The topological polar surface area (TPSA) is 114 Å². The first kappa shape index (κ1) is 27.4. The highest BCUT2D eigenvalue weighted by Crippen LogP contribution is 2.26. The quantitative estimate of drug-likeness (QED) is 0.179. The Balaban J connectivity index is 0.000000509.